The van der Waals surface area contributed by atoms with Gasteiger partial charge in [-0.25, -0.2) is 8.42 Å². The summed E-state index contributed by atoms with van der Waals surface area (Å²) in [7, 11) is -2.18. The molecule has 0 aliphatic rings. The first-order valence-corrected chi connectivity index (χ1v) is 6.73. The van der Waals surface area contributed by atoms with Crippen molar-refractivity contribution in [1.82, 2.24) is 9.78 Å². The molecular weight excluding hydrogens is 266 g/mol. The molecule has 98 valence electrons. The fraction of sp³-hybridized carbons (Fsp3) is 0.0909. The van der Waals surface area contributed by atoms with Gasteiger partial charge in [0.15, 0.2) is 5.82 Å². The number of nitriles is 1. The molecule has 0 spiro atoms. The number of hydrogen-bond acceptors (Lipinski definition) is 5. The SMILES string of the molecule is Cn1ncc(N)c1NS(=O)(=O)c1ccc(C#N)cc1. The molecule has 1 heterocycles. The summed E-state index contributed by atoms with van der Waals surface area (Å²) in [5.74, 6) is 0.198. The third-order valence-electron chi connectivity index (χ3n) is 2.49. The molecule has 1 aromatic heterocycles. The number of nitrogens with two attached hydrogens (primary N) is 1. The van der Waals surface area contributed by atoms with Gasteiger partial charge >= 0.3 is 0 Å². The van der Waals surface area contributed by atoms with Gasteiger partial charge in [0.25, 0.3) is 10.0 Å². The normalized spacial score (nSPS) is 10.9. The van der Waals surface area contributed by atoms with E-state index in [1.54, 1.807) is 7.05 Å². The van der Waals surface area contributed by atoms with Gasteiger partial charge in [0.2, 0.25) is 0 Å². The standard InChI is InChI=1S/C11H11N5O2S/c1-16-11(10(13)7-14-16)15-19(17,18)9-4-2-8(6-12)3-5-9/h2-5,7,15H,13H2,1H3. The molecule has 0 radical (unpaired) electrons. The highest BCUT2D eigenvalue weighted by atomic mass is 32.2. The summed E-state index contributed by atoms with van der Waals surface area (Å²) in [6.45, 7) is 0. The Labute approximate surface area is 110 Å². The van der Waals surface area contributed by atoms with Gasteiger partial charge in [-0.05, 0) is 24.3 Å². The molecule has 0 saturated carbocycles. The molecule has 8 heteroatoms. The number of nitrogen functional groups attached to an aromatic ring is 1. The van der Waals surface area contributed by atoms with E-state index in [9.17, 15) is 8.42 Å². The van der Waals surface area contributed by atoms with E-state index in [1.807, 2.05) is 6.07 Å². The van der Waals surface area contributed by atoms with Crippen LogP contribution in [0.3, 0.4) is 0 Å². The quantitative estimate of drug-likeness (QED) is 0.856. The number of aromatic nitrogens is 2. The lowest BCUT2D eigenvalue weighted by Crippen LogP contribution is -2.16. The minimum Gasteiger partial charge on any atom is -0.394 e. The van der Waals surface area contributed by atoms with Gasteiger partial charge in [0.1, 0.15) is 0 Å². The molecule has 0 atom stereocenters. The Bertz CT molecular complexity index is 721. The van der Waals surface area contributed by atoms with Crippen LogP contribution in [0.15, 0.2) is 35.4 Å². The average Bonchev–Trinajstić information content (AvgIpc) is 2.70. The summed E-state index contributed by atoms with van der Waals surface area (Å²) >= 11 is 0. The van der Waals surface area contributed by atoms with E-state index in [4.69, 9.17) is 11.0 Å². The van der Waals surface area contributed by atoms with E-state index in [0.29, 0.717) is 5.56 Å². The summed E-state index contributed by atoms with van der Waals surface area (Å²) in [4.78, 5) is 0.0482. The summed E-state index contributed by atoms with van der Waals surface area (Å²) in [5.41, 5.74) is 6.24. The van der Waals surface area contributed by atoms with Gasteiger partial charge in [-0.1, -0.05) is 0 Å². The fourth-order valence-electron chi connectivity index (χ4n) is 1.47. The van der Waals surface area contributed by atoms with E-state index < -0.39 is 10.0 Å². The van der Waals surface area contributed by atoms with Crippen LogP contribution < -0.4 is 10.5 Å². The van der Waals surface area contributed by atoms with Gasteiger partial charge in [0.05, 0.1) is 28.4 Å². The third kappa shape index (κ3) is 2.51. The number of benzene rings is 1. The Hall–Kier alpha value is -2.53. The lowest BCUT2D eigenvalue weighted by molar-refractivity contribution is 0.600. The van der Waals surface area contributed by atoms with Crippen LogP contribution in [0.1, 0.15) is 5.56 Å². The topological polar surface area (TPSA) is 114 Å². The molecule has 19 heavy (non-hydrogen) atoms. The first kappa shape index (κ1) is 12.9. The highest BCUT2D eigenvalue weighted by molar-refractivity contribution is 7.92. The molecule has 2 aromatic rings. The van der Waals surface area contributed by atoms with E-state index in [1.165, 1.54) is 35.1 Å². The van der Waals surface area contributed by atoms with Gasteiger partial charge in [-0.2, -0.15) is 10.4 Å². The van der Waals surface area contributed by atoms with E-state index in [0.717, 1.165) is 0 Å². The number of rotatable bonds is 3. The minimum atomic E-state index is -3.75. The molecule has 0 bridgehead atoms. The van der Waals surface area contributed by atoms with Crippen LogP contribution in [0.5, 0.6) is 0 Å². The molecule has 0 unspecified atom stereocenters. The molecule has 0 aliphatic heterocycles. The zero-order chi connectivity index (χ0) is 14.0. The Balaban J connectivity index is 2.35. The van der Waals surface area contributed by atoms with Gasteiger partial charge < -0.3 is 5.73 Å². The van der Waals surface area contributed by atoms with Crippen molar-refractivity contribution >= 4 is 21.5 Å². The van der Waals surface area contributed by atoms with Gasteiger partial charge in [-0.3, -0.25) is 9.40 Å². The van der Waals surface area contributed by atoms with E-state index in [-0.39, 0.29) is 16.4 Å². The Morgan fingerprint density at radius 3 is 2.47 bits per heavy atom. The zero-order valence-corrected chi connectivity index (χ0v) is 10.8. The fourth-order valence-corrected chi connectivity index (χ4v) is 2.59. The highest BCUT2D eigenvalue weighted by Gasteiger charge is 2.17. The summed E-state index contributed by atoms with van der Waals surface area (Å²) in [5, 5.41) is 12.5. The lowest BCUT2D eigenvalue weighted by atomic mass is 10.2. The maximum atomic E-state index is 12.1. The number of sulfonamides is 1. The van der Waals surface area contributed by atoms with Crippen molar-refractivity contribution in [2.24, 2.45) is 7.05 Å². The summed E-state index contributed by atoms with van der Waals surface area (Å²) in [6.07, 6.45) is 1.36. The van der Waals surface area contributed by atoms with E-state index in [2.05, 4.69) is 9.82 Å². The lowest BCUT2D eigenvalue weighted by Gasteiger charge is -2.09. The largest absolute Gasteiger partial charge is 0.394 e. The summed E-state index contributed by atoms with van der Waals surface area (Å²) < 4.78 is 27.9. The molecule has 0 amide bonds. The molecule has 2 rings (SSSR count). The molecule has 0 saturated heterocycles. The Kier molecular flexibility index (Phi) is 3.14. The van der Waals surface area contributed by atoms with Crippen LogP contribution in [0, 0.1) is 11.3 Å². The molecule has 7 nitrogen and oxygen atoms in total. The average molecular weight is 277 g/mol. The van der Waals surface area contributed by atoms with Crippen LogP contribution in [-0.4, -0.2) is 18.2 Å². The van der Waals surface area contributed by atoms with Crippen LogP contribution in [0.25, 0.3) is 0 Å². The Morgan fingerprint density at radius 1 is 1.37 bits per heavy atom. The van der Waals surface area contributed by atoms with Crippen molar-refractivity contribution in [2.75, 3.05) is 10.5 Å². The van der Waals surface area contributed by atoms with Crippen molar-refractivity contribution in [2.45, 2.75) is 4.90 Å². The number of nitrogens with one attached hydrogen (secondary N) is 1. The predicted molar refractivity (Wildman–Crippen MR) is 69.6 cm³/mol. The number of hydrogen-bond donors (Lipinski definition) is 2. The number of nitrogens with zero attached hydrogens (tertiary/aromatic N) is 3. The Morgan fingerprint density at radius 2 is 2.00 bits per heavy atom. The maximum absolute atomic E-state index is 12.1. The second-order valence-corrected chi connectivity index (χ2v) is 5.50. The molecule has 1 aromatic carbocycles. The monoisotopic (exact) mass is 277 g/mol. The zero-order valence-electron chi connectivity index (χ0n) is 10.0. The number of aryl methyl sites for hydroxylation is 1. The molecule has 0 fully saturated rings. The smallest absolute Gasteiger partial charge is 0.263 e. The van der Waals surface area contributed by atoms with Gasteiger partial charge in [-0.15, -0.1) is 0 Å². The maximum Gasteiger partial charge on any atom is 0.263 e. The van der Waals surface area contributed by atoms with Crippen LogP contribution in [0.2, 0.25) is 0 Å². The van der Waals surface area contributed by atoms with Crippen molar-refractivity contribution < 1.29 is 8.42 Å². The first-order chi connectivity index (χ1) is 8.94. The van der Waals surface area contributed by atoms with Crippen LogP contribution >= 0.6 is 0 Å². The van der Waals surface area contributed by atoms with Crippen molar-refractivity contribution in [3.8, 4) is 6.07 Å². The second-order valence-electron chi connectivity index (χ2n) is 3.81. The number of anilines is 2. The highest BCUT2D eigenvalue weighted by Crippen LogP contribution is 2.21. The van der Waals surface area contributed by atoms with Gasteiger partial charge in [0, 0.05) is 7.05 Å². The third-order valence-corrected chi connectivity index (χ3v) is 3.85. The first-order valence-electron chi connectivity index (χ1n) is 5.24. The summed E-state index contributed by atoms with van der Waals surface area (Å²) in [6, 6.07) is 7.49. The predicted octanol–water partition coefficient (Wildman–Crippen LogP) is 0.675. The van der Waals surface area contributed by atoms with Crippen molar-refractivity contribution in [1.29, 1.82) is 5.26 Å². The van der Waals surface area contributed by atoms with E-state index >= 15 is 0 Å². The van der Waals surface area contributed by atoms with Crippen LogP contribution in [0.4, 0.5) is 11.5 Å². The van der Waals surface area contributed by atoms with Crippen molar-refractivity contribution in [3.63, 3.8) is 0 Å². The molecular formula is C11H11N5O2S. The van der Waals surface area contributed by atoms with Crippen LogP contribution in [-0.2, 0) is 17.1 Å². The second kappa shape index (κ2) is 4.62. The minimum absolute atomic E-state index is 0.0482. The molecule has 3 N–H and O–H groups in total. The van der Waals surface area contributed by atoms with Crippen molar-refractivity contribution in [3.05, 3.63) is 36.0 Å². The molecule has 0 aliphatic carbocycles.